The number of aromatic nitrogens is 5. The van der Waals surface area contributed by atoms with E-state index in [0.717, 1.165) is 6.07 Å². The summed E-state index contributed by atoms with van der Waals surface area (Å²) in [6, 6.07) is 2.02. The summed E-state index contributed by atoms with van der Waals surface area (Å²) in [6.07, 6.45) is -2.45. The molecule has 4 rings (SSSR count). The zero-order valence-electron chi connectivity index (χ0n) is 14.0. The third-order valence-electron chi connectivity index (χ3n) is 4.14. The van der Waals surface area contributed by atoms with Crippen molar-refractivity contribution in [3.63, 3.8) is 0 Å². The van der Waals surface area contributed by atoms with Gasteiger partial charge in [0.1, 0.15) is 0 Å². The van der Waals surface area contributed by atoms with Gasteiger partial charge in [0.2, 0.25) is 11.5 Å². The lowest BCUT2D eigenvalue weighted by Crippen LogP contribution is -2.15. The lowest BCUT2D eigenvalue weighted by atomic mass is 10.1. The van der Waals surface area contributed by atoms with Crippen molar-refractivity contribution in [2.24, 2.45) is 0 Å². The van der Waals surface area contributed by atoms with Crippen molar-refractivity contribution >= 4 is 22.8 Å². The number of carboxylic acid groups (broad SMARTS) is 1. The normalized spacial score (nSPS) is 12.0. The first-order valence-corrected chi connectivity index (χ1v) is 7.72. The van der Waals surface area contributed by atoms with E-state index in [1.165, 1.54) is 40.7 Å². The Balaban J connectivity index is 2.14. The lowest BCUT2D eigenvalue weighted by Gasteiger charge is -2.15. The third-order valence-corrected chi connectivity index (χ3v) is 4.14. The van der Waals surface area contributed by atoms with Crippen molar-refractivity contribution in [1.29, 1.82) is 0 Å². The maximum atomic E-state index is 13.6. The molecule has 2 N–H and O–H groups in total. The first-order valence-electron chi connectivity index (χ1n) is 7.72. The molecule has 0 radical (unpaired) electrons. The molecule has 0 bridgehead atoms. The van der Waals surface area contributed by atoms with Gasteiger partial charge in [0.05, 0.1) is 34.3 Å². The average Bonchev–Trinajstić information content (AvgIpc) is 3.23. The molecule has 0 spiro atoms. The molecule has 0 unspecified atom stereocenters. The highest BCUT2D eigenvalue weighted by Crippen LogP contribution is 2.36. The van der Waals surface area contributed by atoms with Gasteiger partial charge in [0.15, 0.2) is 0 Å². The Kier molecular flexibility index (Phi) is 3.66. The molecule has 0 saturated carbocycles. The zero-order chi connectivity index (χ0) is 20.2. The molecule has 0 atom stereocenters. The number of aryl methyl sites for hydroxylation is 1. The number of fused-ring (bicyclic) bond motifs is 3. The van der Waals surface area contributed by atoms with Gasteiger partial charge in [-0.1, -0.05) is 0 Å². The highest BCUT2D eigenvalue weighted by Gasteiger charge is 2.35. The van der Waals surface area contributed by atoms with Crippen molar-refractivity contribution in [2.45, 2.75) is 13.1 Å². The largest absolute Gasteiger partial charge is 0.512 e. The first-order chi connectivity index (χ1) is 13.2. The number of imidazole rings is 2. The summed E-state index contributed by atoms with van der Waals surface area (Å²) in [7, 11) is 0. The van der Waals surface area contributed by atoms with E-state index in [4.69, 9.17) is 5.11 Å². The van der Waals surface area contributed by atoms with E-state index in [-0.39, 0.29) is 33.9 Å². The predicted molar refractivity (Wildman–Crippen MR) is 88.8 cm³/mol. The number of rotatable bonds is 2. The maximum absolute atomic E-state index is 13.6. The topological polar surface area (TPSA) is 115 Å². The van der Waals surface area contributed by atoms with Gasteiger partial charge in [0, 0.05) is 12.4 Å². The van der Waals surface area contributed by atoms with Crippen LogP contribution in [-0.2, 0) is 6.18 Å². The van der Waals surface area contributed by atoms with Crippen LogP contribution in [0.15, 0.2) is 35.6 Å². The summed E-state index contributed by atoms with van der Waals surface area (Å²) >= 11 is 0. The van der Waals surface area contributed by atoms with Gasteiger partial charge in [0.25, 0.3) is 5.56 Å². The molecule has 0 aliphatic rings. The number of hydrogen-bond donors (Lipinski definition) is 2. The van der Waals surface area contributed by atoms with E-state index in [0.29, 0.717) is 0 Å². The van der Waals surface area contributed by atoms with Crippen molar-refractivity contribution in [2.75, 3.05) is 0 Å². The molecule has 0 saturated heterocycles. The van der Waals surface area contributed by atoms with Gasteiger partial charge in [-0.2, -0.15) is 18.2 Å². The SMILES string of the molecule is Cc1c(OC(=O)O)nc2c(=O)[nH]c3cc(C(F)(F)F)c(-n4ccnc4)cc3n12. The fourth-order valence-corrected chi connectivity index (χ4v) is 2.99. The average molecular weight is 393 g/mol. The van der Waals surface area contributed by atoms with E-state index in [2.05, 4.69) is 19.7 Å². The number of alkyl halides is 3. The molecule has 144 valence electrons. The summed E-state index contributed by atoms with van der Waals surface area (Å²) < 4.78 is 47.7. The van der Waals surface area contributed by atoms with Crippen LogP contribution in [0, 0.1) is 6.92 Å². The van der Waals surface area contributed by atoms with Crippen LogP contribution in [0.4, 0.5) is 18.0 Å². The molecule has 12 heteroatoms. The number of aromatic amines is 1. The minimum absolute atomic E-state index is 0.101. The summed E-state index contributed by atoms with van der Waals surface area (Å²) in [5.74, 6) is -0.338. The van der Waals surface area contributed by atoms with Gasteiger partial charge in [-0.25, -0.2) is 9.78 Å². The van der Waals surface area contributed by atoms with E-state index >= 15 is 0 Å². The number of hydrogen-bond acceptors (Lipinski definition) is 5. The molecule has 0 amide bonds. The molecular weight excluding hydrogens is 383 g/mol. The molecule has 9 nitrogen and oxygen atoms in total. The Labute approximate surface area is 152 Å². The Morgan fingerprint density at radius 1 is 1.32 bits per heavy atom. The van der Waals surface area contributed by atoms with Crippen LogP contribution in [0.2, 0.25) is 0 Å². The monoisotopic (exact) mass is 393 g/mol. The number of benzene rings is 1. The fraction of sp³-hybridized carbons (Fsp3) is 0.125. The highest BCUT2D eigenvalue weighted by molar-refractivity contribution is 5.82. The summed E-state index contributed by atoms with van der Waals surface area (Å²) in [6.45, 7) is 1.44. The van der Waals surface area contributed by atoms with Crippen molar-refractivity contribution in [1.82, 2.24) is 23.9 Å². The standard InChI is InChI=1S/C16H10F3N5O4/c1-7-14(28-15(26)27)22-12-13(25)21-9-4-8(16(17,18)19)10(5-11(9)24(7)12)23-3-2-20-6-23/h2-6H,1H3,(H,21,25)(H,26,27). The van der Waals surface area contributed by atoms with Crippen LogP contribution < -0.4 is 10.3 Å². The minimum atomic E-state index is -4.69. The fourth-order valence-electron chi connectivity index (χ4n) is 2.99. The van der Waals surface area contributed by atoms with Crippen molar-refractivity contribution in [3.05, 3.63) is 52.5 Å². The lowest BCUT2D eigenvalue weighted by molar-refractivity contribution is -0.137. The molecule has 3 aromatic heterocycles. The zero-order valence-corrected chi connectivity index (χ0v) is 14.0. The van der Waals surface area contributed by atoms with E-state index in [1.54, 1.807) is 0 Å². The van der Waals surface area contributed by atoms with Crippen molar-refractivity contribution in [3.8, 4) is 11.6 Å². The molecular formula is C16H10F3N5O4. The maximum Gasteiger partial charge on any atom is 0.512 e. The van der Waals surface area contributed by atoms with E-state index in [1.807, 2.05) is 0 Å². The van der Waals surface area contributed by atoms with Crippen LogP contribution >= 0.6 is 0 Å². The van der Waals surface area contributed by atoms with Gasteiger partial charge in [-0.05, 0) is 19.1 Å². The molecule has 1 aromatic carbocycles. The van der Waals surface area contributed by atoms with Gasteiger partial charge in [-0.15, -0.1) is 0 Å². The van der Waals surface area contributed by atoms with E-state index in [9.17, 15) is 22.8 Å². The second kappa shape index (κ2) is 5.84. The van der Waals surface area contributed by atoms with Gasteiger partial charge in [-0.3, -0.25) is 9.20 Å². The summed E-state index contributed by atoms with van der Waals surface area (Å²) in [5.41, 5.74) is -1.98. The third kappa shape index (κ3) is 2.66. The second-order valence-electron chi connectivity index (χ2n) is 5.84. The van der Waals surface area contributed by atoms with Crippen molar-refractivity contribution < 1.29 is 27.8 Å². The number of halogens is 3. The van der Waals surface area contributed by atoms with E-state index < -0.39 is 23.5 Å². The quantitative estimate of drug-likeness (QED) is 0.506. The number of carbonyl (C=O) groups is 1. The number of nitrogens with zero attached hydrogens (tertiary/aromatic N) is 4. The van der Waals surface area contributed by atoms with Gasteiger partial charge >= 0.3 is 12.3 Å². The number of nitrogens with one attached hydrogen (secondary N) is 1. The Hall–Kier alpha value is -3.83. The highest BCUT2D eigenvalue weighted by atomic mass is 19.4. The molecule has 0 aliphatic carbocycles. The van der Waals surface area contributed by atoms with Crippen LogP contribution in [0.25, 0.3) is 22.4 Å². The molecule has 4 aromatic rings. The van der Waals surface area contributed by atoms with Gasteiger partial charge < -0.3 is 19.4 Å². The minimum Gasteiger partial charge on any atom is -0.449 e. The predicted octanol–water partition coefficient (Wildman–Crippen LogP) is 2.75. The second-order valence-corrected chi connectivity index (χ2v) is 5.84. The molecule has 0 aliphatic heterocycles. The van der Waals surface area contributed by atoms with Crippen LogP contribution in [0.1, 0.15) is 11.3 Å². The number of ether oxygens (including phenoxy) is 1. The Morgan fingerprint density at radius 2 is 2.07 bits per heavy atom. The summed E-state index contributed by atoms with van der Waals surface area (Å²) in [4.78, 5) is 33.0. The first kappa shape index (κ1) is 17.6. The Bertz CT molecular complexity index is 1290. The smallest absolute Gasteiger partial charge is 0.449 e. The summed E-state index contributed by atoms with van der Waals surface area (Å²) in [5, 5.41) is 8.80. The molecule has 28 heavy (non-hydrogen) atoms. The Morgan fingerprint density at radius 3 is 2.68 bits per heavy atom. The number of H-pyrrole nitrogens is 1. The molecule has 0 fully saturated rings. The molecule has 3 heterocycles. The van der Waals surface area contributed by atoms with Crippen LogP contribution in [0.3, 0.4) is 0 Å². The van der Waals surface area contributed by atoms with Crippen LogP contribution in [-0.4, -0.2) is 35.2 Å². The van der Waals surface area contributed by atoms with Crippen LogP contribution in [0.5, 0.6) is 5.88 Å².